The van der Waals surface area contributed by atoms with Crippen LogP contribution < -0.4 is 4.74 Å². The lowest BCUT2D eigenvalue weighted by molar-refractivity contribution is 0.103. The van der Waals surface area contributed by atoms with Gasteiger partial charge in [0.1, 0.15) is 11.6 Å². The number of hydrogen-bond acceptors (Lipinski definition) is 2. The third-order valence-corrected chi connectivity index (χ3v) is 4.38. The number of carbonyl (C=O) groups excluding carboxylic acids is 1. The van der Waals surface area contributed by atoms with Crippen LogP contribution in [0.2, 0.25) is 0 Å². The van der Waals surface area contributed by atoms with Gasteiger partial charge in [0, 0.05) is 16.1 Å². The van der Waals surface area contributed by atoms with E-state index in [1.807, 2.05) is 13.0 Å². The second-order valence-corrected chi connectivity index (χ2v) is 5.97. The molecule has 0 radical (unpaired) electrons. The molecule has 0 fully saturated rings. The van der Waals surface area contributed by atoms with Crippen LogP contribution in [0.5, 0.6) is 5.75 Å². The van der Waals surface area contributed by atoms with Crippen molar-refractivity contribution in [1.29, 1.82) is 0 Å². The van der Waals surface area contributed by atoms with Gasteiger partial charge in [-0.2, -0.15) is 0 Å². The second kappa shape index (κ2) is 6.06. The summed E-state index contributed by atoms with van der Waals surface area (Å²) in [5, 5.41) is 0. The zero-order valence-electron chi connectivity index (χ0n) is 10.8. The molecule has 0 spiro atoms. The molecule has 0 N–H and O–H groups in total. The highest BCUT2D eigenvalue weighted by Gasteiger charge is 2.18. The van der Waals surface area contributed by atoms with Crippen LogP contribution in [-0.2, 0) is 0 Å². The molecule has 5 heteroatoms. The quantitative estimate of drug-likeness (QED) is 0.683. The smallest absolute Gasteiger partial charge is 0.196 e. The fourth-order valence-electron chi connectivity index (χ4n) is 1.76. The summed E-state index contributed by atoms with van der Waals surface area (Å²) in [6.07, 6.45) is 0. The molecule has 2 rings (SSSR count). The molecule has 2 aromatic carbocycles. The van der Waals surface area contributed by atoms with Gasteiger partial charge >= 0.3 is 0 Å². The molecule has 0 saturated carbocycles. The predicted molar refractivity (Wildman–Crippen MR) is 83.0 cm³/mol. The van der Waals surface area contributed by atoms with E-state index in [2.05, 4.69) is 31.9 Å². The highest BCUT2D eigenvalue weighted by atomic mass is 79.9. The predicted octanol–water partition coefficient (Wildman–Crippen LogP) is 4.90. The number of hydrogen-bond donors (Lipinski definition) is 0. The van der Waals surface area contributed by atoms with Crippen molar-refractivity contribution in [2.45, 2.75) is 6.92 Å². The Labute approximate surface area is 133 Å². The zero-order valence-corrected chi connectivity index (χ0v) is 14.0. The Morgan fingerprint density at radius 3 is 2.45 bits per heavy atom. The van der Waals surface area contributed by atoms with Crippen LogP contribution in [0.15, 0.2) is 39.3 Å². The second-order valence-electron chi connectivity index (χ2n) is 4.26. The molecular formula is C15H11Br2FO2. The molecule has 2 aromatic rings. The van der Waals surface area contributed by atoms with E-state index in [4.69, 9.17) is 4.74 Å². The molecule has 2 nitrogen and oxygen atoms in total. The van der Waals surface area contributed by atoms with Crippen LogP contribution in [0, 0.1) is 12.7 Å². The van der Waals surface area contributed by atoms with Gasteiger partial charge in [-0.05, 0) is 40.5 Å². The van der Waals surface area contributed by atoms with Crippen LogP contribution in [0.1, 0.15) is 21.5 Å². The molecule has 20 heavy (non-hydrogen) atoms. The van der Waals surface area contributed by atoms with Gasteiger partial charge in [-0.3, -0.25) is 4.79 Å². The van der Waals surface area contributed by atoms with Gasteiger partial charge in [0.25, 0.3) is 0 Å². The Kier molecular flexibility index (Phi) is 4.60. The summed E-state index contributed by atoms with van der Waals surface area (Å²) in [5.74, 6) is -0.473. The van der Waals surface area contributed by atoms with Crippen LogP contribution in [-0.4, -0.2) is 12.9 Å². The van der Waals surface area contributed by atoms with Crippen molar-refractivity contribution >= 4 is 37.6 Å². The van der Waals surface area contributed by atoms with E-state index in [1.165, 1.54) is 19.2 Å². The fraction of sp³-hybridized carbons (Fsp3) is 0.133. The van der Waals surface area contributed by atoms with E-state index in [1.54, 1.807) is 12.1 Å². The number of aryl methyl sites for hydroxylation is 1. The largest absolute Gasteiger partial charge is 0.496 e. The molecule has 0 saturated heterocycles. The Morgan fingerprint density at radius 1 is 1.15 bits per heavy atom. The maximum atomic E-state index is 13.5. The van der Waals surface area contributed by atoms with Crippen molar-refractivity contribution in [2.24, 2.45) is 0 Å². The lowest BCUT2D eigenvalue weighted by Gasteiger charge is -2.10. The van der Waals surface area contributed by atoms with Crippen molar-refractivity contribution < 1.29 is 13.9 Å². The highest BCUT2D eigenvalue weighted by molar-refractivity contribution is 9.10. The van der Waals surface area contributed by atoms with E-state index in [0.717, 1.165) is 10.0 Å². The molecular weight excluding hydrogens is 391 g/mol. The summed E-state index contributed by atoms with van der Waals surface area (Å²) in [7, 11) is 1.41. The molecule has 0 heterocycles. The van der Waals surface area contributed by atoms with Gasteiger partial charge in [0.05, 0.1) is 17.1 Å². The molecule has 0 aliphatic rings. The van der Waals surface area contributed by atoms with Crippen molar-refractivity contribution in [3.63, 3.8) is 0 Å². The minimum atomic E-state index is -0.469. The Morgan fingerprint density at radius 2 is 1.85 bits per heavy atom. The fourth-order valence-corrected chi connectivity index (χ4v) is 2.49. The summed E-state index contributed by atoms with van der Waals surface area (Å²) in [6.45, 7) is 1.94. The lowest BCUT2D eigenvalue weighted by Crippen LogP contribution is -2.05. The molecule has 0 amide bonds. The summed E-state index contributed by atoms with van der Waals surface area (Å²) < 4.78 is 19.6. The molecule has 0 aliphatic carbocycles. The maximum Gasteiger partial charge on any atom is 0.196 e. The van der Waals surface area contributed by atoms with E-state index < -0.39 is 5.82 Å². The van der Waals surface area contributed by atoms with Crippen molar-refractivity contribution in [2.75, 3.05) is 7.11 Å². The van der Waals surface area contributed by atoms with Crippen molar-refractivity contribution in [3.8, 4) is 5.75 Å². The number of carbonyl (C=O) groups is 1. The van der Waals surface area contributed by atoms with E-state index in [9.17, 15) is 9.18 Å². The number of ketones is 1. The van der Waals surface area contributed by atoms with E-state index in [-0.39, 0.29) is 16.0 Å². The van der Waals surface area contributed by atoms with Gasteiger partial charge in [0.15, 0.2) is 5.78 Å². The number of methoxy groups -OCH3 is 1. The van der Waals surface area contributed by atoms with Crippen LogP contribution >= 0.6 is 31.9 Å². The molecule has 0 aliphatic heterocycles. The average molecular weight is 402 g/mol. The number of ether oxygens (including phenoxy) is 1. The normalized spacial score (nSPS) is 10.4. The van der Waals surface area contributed by atoms with Gasteiger partial charge in [-0.1, -0.05) is 28.1 Å². The summed E-state index contributed by atoms with van der Waals surface area (Å²) in [6, 6.07) is 7.96. The Bertz CT molecular complexity index is 684. The standard InChI is InChI=1S/C15H11Br2FO2/c1-8-3-4-9(5-11(8)16)15(19)10-6-12(17)13(18)7-14(10)20-2/h3-7H,1-2H3. The van der Waals surface area contributed by atoms with Gasteiger partial charge in [-0.15, -0.1) is 0 Å². The topological polar surface area (TPSA) is 26.3 Å². The number of rotatable bonds is 3. The first-order chi connectivity index (χ1) is 9.43. The first-order valence-electron chi connectivity index (χ1n) is 5.78. The Balaban J connectivity index is 2.52. The van der Waals surface area contributed by atoms with Crippen LogP contribution in [0.3, 0.4) is 0 Å². The molecule has 0 unspecified atom stereocenters. The molecule has 0 aromatic heterocycles. The number of benzene rings is 2. The first kappa shape index (κ1) is 15.2. The third-order valence-electron chi connectivity index (χ3n) is 2.92. The van der Waals surface area contributed by atoms with Crippen LogP contribution in [0.25, 0.3) is 0 Å². The lowest BCUT2D eigenvalue weighted by atomic mass is 10.0. The molecule has 0 bridgehead atoms. The average Bonchev–Trinajstić information content (AvgIpc) is 2.43. The van der Waals surface area contributed by atoms with Crippen molar-refractivity contribution in [1.82, 2.24) is 0 Å². The van der Waals surface area contributed by atoms with Crippen molar-refractivity contribution in [3.05, 3.63) is 61.8 Å². The summed E-state index contributed by atoms with van der Waals surface area (Å²) in [5.41, 5.74) is 1.87. The minimum absolute atomic E-state index is 0.215. The monoisotopic (exact) mass is 400 g/mol. The summed E-state index contributed by atoms with van der Waals surface area (Å²) in [4.78, 5) is 12.5. The zero-order chi connectivity index (χ0) is 14.9. The van der Waals surface area contributed by atoms with E-state index in [0.29, 0.717) is 11.1 Å². The molecule has 0 atom stereocenters. The van der Waals surface area contributed by atoms with Gasteiger partial charge < -0.3 is 4.74 Å². The van der Waals surface area contributed by atoms with E-state index >= 15 is 0 Å². The summed E-state index contributed by atoms with van der Waals surface area (Å²) >= 11 is 6.48. The third kappa shape index (κ3) is 2.94. The van der Waals surface area contributed by atoms with Crippen LogP contribution in [0.4, 0.5) is 4.39 Å². The maximum absolute atomic E-state index is 13.5. The van der Waals surface area contributed by atoms with Gasteiger partial charge in [-0.25, -0.2) is 4.39 Å². The number of halogens is 3. The minimum Gasteiger partial charge on any atom is -0.496 e. The SMILES string of the molecule is COc1cc(F)c(Br)cc1C(=O)c1ccc(C)c(Br)c1. The Hall–Kier alpha value is -1.20. The first-order valence-corrected chi connectivity index (χ1v) is 7.36. The van der Waals surface area contributed by atoms with Gasteiger partial charge in [0.2, 0.25) is 0 Å². The molecule has 104 valence electrons. The highest BCUT2D eigenvalue weighted by Crippen LogP contribution is 2.29.